The number of ether oxygens (including phenoxy) is 2. The molecule has 8 heteroatoms. The second kappa shape index (κ2) is 9.18. The number of aromatic nitrogens is 1. The van der Waals surface area contributed by atoms with Crippen LogP contribution in [-0.2, 0) is 20.9 Å². The van der Waals surface area contributed by atoms with Crippen LogP contribution in [0.5, 0.6) is 5.75 Å². The number of carbonyl (C=O) groups excluding carboxylic acids is 2. The molecule has 1 fully saturated rings. The second-order valence-electron chi connectivity index (χ2n) is 6.47. The number of anilines is 2. The van der Waals surface area contributed by atoms with Gasteiger partial charge in [-0.1, -0.05) is 12.1 Å². The molecule has 1 aliphatic heterocycles. The Kier molecular flexibility index (Phi) is 6.44. The van der Waals surface area contributed by atoms with Crippen molar-refractivity contribution in [3.05, 3.63) is 48.2 Å². The van der Waals surface area contributed by atoms with E-state index in [9.17, 15) is 9.59 Å². The third kappa shape index (κ3) is 5.20. The van der Waals surface area contributed by atoms with Crippen LogP contribution in [0.2, 0.25) is 0 Å². The van der Waals surface area contributed by atoms with Gasteiger partial charge in [0.05, 0.1) is 32.1 Å². The molecular weight excluding hydrogens is 360 g/mol. The van der Waals surface area contributed by atoms with Crippen molar-refractivity contribution in [1.82, 2.24) is 10.3 Å². The van der Waals surface area contributed by atoms with Gasteiger partial charge in [-0.15, -0.1) is 0 Å². The summed E-state index contributed by atoms with van der Waals surface area (Å²) in [5, 5.41) is 5.57. The van der Waals surface area contributed by atoms with Crippen LogP contribution in [0.25, 0.3) is 0 Å². The van der Waals surface area contributed by atoms with E-state index in [0.29, 0.717) is 31.2 Å². The number of amides is 2. The Bertz CT molecular complexity index is 825. The van der Waals surface area contributed by atoms with E-state index in [0.717, 1.165) is 11.3 Å². The molecule has 1 atom stereocenters. The monoisotopic (exact) mass is 384 g/mol. The number of pyridine rings is 1. The van der Waals surface area contributed by atoms with Crippen LogP contribution in [0.1, 0.15) is 12.5 Å². The van der Waals surface area contributed by atoms with Crippen molar-refractivity contribution in [2.24, 2.45) is 0 Å². The number of benzene rings is 1. The number of rotatable bonds is 7. The first-order chi connectivity index (χ1) is 13.5. The lowest BCUT2D eigenvalue weighted by atomic mass is 10.2. The molecule has 0 radical (unpaired) electrons. The Labute approximate surface area is 163 Å². The summed E-state index contributed by atoms with van der Waals surface area (Å²) in [6.45, 7) is 3.60. The molecule has 0 bridgehead atoms. The third-order valence-electron chi connectivity index (χ3n) is 4.38. The van der Waals surface area contributed by atoms with Gasteiger partial charge >= 0.3 is 0 Å². The van der Waals surface area contributed by atoms with Gasteiger partial charge in [-0.3, -0.25) is 9.59 Å². The van der Waals surface area contributed by atoms with Crippen molar-refractivity contribution in [1.29, 1.82) is 0 Å². The smallest absolute Gasteiger partial charge is 0.253 e. The molecule has 1 saturated heterocycles. The second-order valence-corrected chi connectivity index (χ2v) is 6.47. The summed E-state index contributed by atoms with van der Waals surface area (Å²) >= 11 is 0. The van der Waals surface area contributed by atoms with E-state index >= 15 is 0 Å². The summed E-state index contributed by atoms with van der Waals surface area (Å²) in [5.74, 6) is 1.17. The molecule has 3 rings (SSSR count). The first-order valence-electron chi connectivity index (χ1n) is 9.08. The zero-order valence-corrected chi connectivity index (χ0v) is 16.0. The maximum atomic E-state index is 12.3. The highest BCUT2D eigenvalue weighted by molar-refractivity contribution is 5.93. The highest BCUT2D eigenvalue weighted by atomic mass is 16.5. The lowest BCUT2D eigenvalue weighted by molar-refractivity contribution is -0.127. The van der Waals surface area contributed by atoms with Gasteiger partial charge in [-0.25, -0.2) is 4.98 Å². The van der Waals surface area contributed by atoms with Gasteiger partial charge in [0.1, 0.15) is 17.7 Å². The van der Waals surface area contributed by atoms with Gasteiger partial charge in [-0.05, 0) is 36.8 Å². The highest BCUT2D eigenvalue weighted by Crippen LogP contribution is 2.16. The van der Waals surface area contributed by atoms with Crippen LogP contribution in [0.15, 0.2) is 42.6 Å². The molecule has 2 N–H and O–H groups in total. The largest absolute Gasteiger partial charge is 0.497 e. The number of piperazine rings is 1. The summed E-state index contributed by atoms with van der Waals surface area (Å²) in [4.78, 5) is 30.0. The molecule has 2 heterocycles. The number of nitrogens with one attached hydrogen (secondary N) is 2. The molecule has 148 valence electrons. The summed E-state index contributed by atoms with van der Waals surface area (Å²) in [6.07, 6.45) is 0.950. The number of hydrogen-bond acceptors (Lipinski definition) is 6. The quantitative estimate of drug-likeness (QED) is 0.753. The van der Waals surface area contributed by atoms with Gasteiger partial charge < -0.3 is 25.0 Å². The Morgan fingerprint density at radius 3 is 2.93 bits per heavy atom. The topological polar surface area (TPSA) is 92.8 Å². The van der Waals surface area contributed by atoms with E-state index in [1.165, 1.54) is 0 Å². The number of nitrogens with zero attached hydrogens (tertiary/aromatic N) is 2. The molecule has 1 aromatic heterocycles. The van der Waals surface area contributed by atoms with Gasteiger partial charge in [-0.2, -0.15) is 0 Å². The Balaban J connectivity index is 1.51. The first kappa shape index (κ1) is 19.6. The van der Waals surface area contributed by atoms with Gasteiger partial charge in [0, 0.05) is 13.1 Å². The zero-order valence-electron chi connectivity index (χ0n) is 16.0. The van der Waals surface area contributed by atoms with Crippen LogP contribution < -0.4 is 20.3 Å². The SMILES string of the molecule is COc1cccc(COC(C)C(=O)Nc2ccc(N3CCNC(=O)C3)nc2)c1. The predicted octanol–water partition coefficient (Wildman–Crippen LogP) is 1.57. The number of methoxy groups -OCH3 is 1. The Hall–Kier alpha value is -3.13. The number of carbonyl (C=O) groups is 2. The van der Waals surface area contributed by atoms with Crippen molar-refractivity contribution in [3.8, 4) is 5.75 Å². The van der Waals surface area contributed by atoms with Crippen molar-refractivity contribution in [2.45, 2.75) is 19.6 Å². The average molecular weight is 384 g/mol. The lowest BCUT2D eigenvalue weighted by Crippen LogP contribution is -2.48. The van der Waals surface area contributed by atoms with Crippen molar-refractivity contribution < 1.29 is 19.1 Å². The fourth-order valence-corrected chi connectivity index (χ4v) is 2.78. The van der Waals surface area contributed by atoms with Gasteiger partial charge in [0.25, 0.3) is 5.91 Å². The predicted molar refractivity (Wildman–Crippen MR) is 105 cm³/mol. The minimum atomic E-state index is -0.628. The standard InChI is InChI=1S/C20H24N4O4/c1-14(28-13-15-4-3-5-17(10-15)27-2)20(26)23-16-6-7-18(22-11-16)24-9-8-21-19(25)12-24/h3-7,10-11,14H,8-9,12-13H2,1-2H3,(H,21,25)(H,23,26). The lowest BCUT2D eigenvalue weighted by Gasteiger charge is -2.27. The van der Waals surface area contributed by atoms with E-state index in [2.05, 4.69) is 15.6 Å². The molecule has 0 saturated carbocycles. The van der Waals surface area contributed by atoms with Gasteiger partial charge in [0.15, 0.2) is 0 Å². The summed E-state index contributed by atoms with van der Waals surface area (Å²) in [5.41, 5.74) is 1.50. The van der Waals surface area contributed by atoms with E-state index in [1.54, 1.807) is 32.4 Å². The Morgan fingerprint density at radius 2 is 2.21 bits per heavy atom. The van der Waals surface area contributed by atoms with E-state index in [4.69, 9.17) is 9.47 Å². The molecule has 28 heavy (non-hydrogen) atoms. The summed E-state index contributed by atoms with van der Waals surface area (Å²) in [7, 11) is 1.61. The molecule has 8 nitrogen and oxygen atoms in total. The molecule has 1 aliphatic rings. The molecular formula is C20H24N4O4. The number of hydrogen-bond donors (Lipinski definition) is 2. The van der Waals surface area contributed by atoms with Crippen molar-refractivity contribution >= 4 is 23.3 Å². The minimum Gasteiger partial charge on any atom is -0.497 e. The maximum absolute atomic E-state index is 12.3. The van der Waals surface area contributed by atoms with Crippen molar-refractivity contribution in [3.63, 3.8) is 0 Å². The molecule has 1 unspecified atom stereocenters. The summed E-state index contributed by atoms with van der Waals surface area (Å²) in [6, 6.07) is 11.1. The average Bonchev–Trinajstić information content (AvgIpc) is 2.72. The third-order valence-corrected chi connectivity index (χ3v) is 4.38. The van der Waals surface area contributed by atoms with Crippen LogP contribution in [0, 0.1) is 0 Å². The maximum Gasteiger partial charge on any atom is 0.253 e. The molecule has 2 amide bonds. The minimum absolute atomic E-state index is 0.0209. The normalized spacial score (nSPS) is 14.9. The fourth-order valence-electron chi connectivity index (χ4n) is 2.78. The Morgan fingerprint density at radius 1 is 1.36 bits per heavy atom. The van der Waals surface area contributed by atoms with E-state index < -0.39 is 6.10 Å². The molecule has 0 aliphatic carbocycles. The van der Waals surface area contributed by atoms with E-state index in [1.807, 2.05) is 29.2 Å². The van der Waals surface area contributed by atoms with Crippen molar-refractivity contribution in [2.75, 3.05) is 37.0 Å². The van der Waals surface area contributed by atoms with Crippen LogP contribution >= 0.6 is 0 Å². The molecule has 1 aromatic carbocycles. The van der Waals surface area contributed by atoms with Crippen LogP contribution in [-0.4, -0.2) is 49.6 Å². The van der Waals surface area contributed by atoms with Crippen LogP contribution in [0.3, 0.4) is 0 Å². The molecule has 0 spiro atoms. The fraction of sp³-hybridized carbons (Fsp3) is 0.350. The van der Waals surface area contributed by atoms with Gasteiger partial charge in [0.2, 0.25) is 5.91 Å². The van der Waals surface area contributed by atoms with Crippen LogP contribution in [0.4, 0.5) is 11.5 Å². The first-order valence-corrected chi connectivity index (χ1v) is 9.08. The zero-order chi connectivity index (χ0) is 19.9. The molecule has 2 aromatic rings. The highest BCUT2D eigenvalue weighted by Gasteiger charge is 2.18. The summed E-state index contributed by atoms with van der Waals surface area (Å²) < 4.78 is 10.8. The van der Waals surface area contributed by atoms with E-state index in [-0.39, 0.29) is 18.4 Å².